The minimum Gasteiger partial charge on any atom is -0.312 e. The van der Waals surface area contributed by atoms with E-state index in [2.05, 4.69) is 62.4 Å². The highest BCUT2D eigenvalue weighted by atomic mass is 32.2. The SMILES string of the molecule is CC(C)C(CN(C)C)NCC1CSc2ccccc21. The van der Waals surface area contributed by atoms with Gasteiger partial charge in [-0.15, -0.1) is 11.8 Å². The first-order valence-electron chi connectivity index (χ1n) is 7.17. The predicted molar refractivity (Wildman–Crippen MR) is 85.1 cm³/mol. The molecule has 0 aliphatic carbocycles. The number of thioether (sulfide) groups is 1. The van der Waals surface area contributed by atoms with Crippen LogP contribution in [0.3, 0.4) is 0 Å². The van der Waals surface area contributed by atoms with Crippen molar-refractivity contribution in [3.8, 4) is 0 Å². The molecule has 1 aromatic rings. The van der Waals surface area contributed by atoms with Crippen LogP contribution >= 0.6 is 11.8 Å². The van der Waals surface area contributed by atoms with Crippen LogP contribution in [0.2, 0.25) is 0 Å². The van der Waals surface area contributed by atoms with Gasteiger partial charge in [-0.2, -0.15) is 0 Å². The Balaban J connectivity index is 1.92. The number of fused-ring (bicyclic) bond motifs is 1. The van der Waals surface area contributed by atoms with Crippen molar-refractivity contribution in [1.29, 1.82) is 0 Å². The van der Waals surface area contributed by atoms with Gasteiger partial charge in [0.2, 0.25) is 0 Å². The number of hydrogen-bond donors (Lipinski definition) is 1. The molecule has 0 radical (unpaired) electrons. The number of benzene rings is 1. The Morgan fingerprint density at radius 2 is 2.05 bits per heavy atom. The lowest BCUT2D eigenvalue weighted by atomic mass is 9.99. The molecule has 0 amide bonds. The molecule has 3 heteroatoms. The third kappa shape index (κ3) is 3.98. The topological polar surface area (TPSA) is 15.3 Å². The minimum atomic E-state index is 0.577. The van der Waals surface area contributed by atoms with Gasteiger partial charge in [0.15, 0.2) is 0 Å². The summed E-state index contributed by atoms with van der Waals surface area (Å²) in [6.45, 7) is 6.82. The fourth-order valence-corrected chi connectivity index (χ4v) is 3.85. The summed E-state index contributed by atoms with van der Waals surface area (Å²) in [5, 5.41) is 3.78. The van der Waals surface area contributed by atoms with Gasteiger partial charge in [-0.3, -0.25) is 0 Å². The second-order valence-electron chi connectivity index (χ2n) is 6.07. The molecule has 0 bridgehead atoms. The minimum absolute atomic E-state index is 0.577. The van der Waals surface area contributed by atoms with E-state index in [1.54, 1.807) is 0 Å². The summed E-state index contributed by atoms with van der Waals surface area (Å²) in [4.78, 5) is 3.75. The molecule has 1 aliphatic heterocycles. The standard InChI is InChI=1S/C16H26N2S/c1-12(2)15(10-18(3)4)17-9-13-11-19-16-8-6-5-7-14(13)16/h5-8,12-13,15,17H,9-11H2,1-4H3. The first kappa shape index (κ1) is 14.9. The Labute approximate surface area is 122 Å². The van der Waals surface area contributed by atoms with Crippen molar-refractivity contribution in [2.45, 2.75) is 30.7 Å². The van der Waals surface area contributed by atoms with Crippen LogP contribution in [-0.2, 0) is 0 Å². The maximum atomic E-state index is 3.78. The van der Waals surface area contributed by atoms with E-state index in [-0.39, 0.29) is 0 Å². The summed E-state index contributed by atoms with van der Waals surface area (Å²) < 4.78 is 0. The van der Waals surface area contributed by atoms with Gasteiger partial charge >= 0.3 is 0 Å². The summed E-state index contributed by atoms with van der Waals surface area (Å²) in [5.74, 6) is 2.57. The molecular weight excluding hydrogens is 252 g/mol. The van der Waals surface area contributed by atoms with Crippen molar-refractivity contribution < 1.29 is 0 Å². The summed E-state index contributed by atoms with van der Waals surface area (Å²) >= 11 is 2.00. The van der Waals surface area contributed by atoms with E-state index >= 15 is 0 Å². The number of rotatable bonds is 6. The molecule has 0 spiro atoms. The zero-order valence-electron chi connectivity index (χ0n) is 12.5. The van der Waals surface area contributed by atoms with Crippen molar-refractivity contribution in [2.24, 2.45) is 5.92 Å². The first-order chi connectivity index (χ1) is 9.08. The molecule has 1 N–H and O–H groups in total. The maximum Gasteiger partial charge on any atom is 0.0217 e. The van der Waals surface area contributed by atoms with E-state index < -0.39 is 0 Å². The van der Waals surface area contributed by atoms with Gasteiger partial charge in [-0.05, 0) is 31.6 Å². The molecule has 1 heterocycles. The van der Waals surface area contributed by atoms with Gasteiger partial charge in [0.1, 0.15) is 0 Å². The first-order valence-corrected chi connectivity index (χ1v) is 8.16. The van der Waals surface area contributed by atoms with Gasteiger partial charge < -0.3 is 10.2 Å². The van der Waals surface area contributed by atoms with E-state index in [0.29, 0.717) is 17.9 Å². The highest BCUT2D eigenvalue weighted by Gasteiger charge is 2.24. The average molecular weight is 278 g/mol. The number of hydrogen-bond acceptors (Lipinski definition) is 3. The molecule has 0 saturated carbocycles. The van der Waals surface area contributed by atoms with Crippen LogP contribution in [0, 0.1) is 5.92 Å². The molecule has 2 unspecified atom stereocenters. The van der Waals surface area contributed by atoms with Crippen LogP contribution in [0.5, 0.6) is 0 Å². The number of nitrogens with zero attached hydrogens (tertiary/aromatic N) is 1. The fraction of sp³-hybridized carbons (Fsp3) is 0.625. The lowest BCUT2D eigenvalue weighted by molar-refractivity contribution is 0.287. The molecule has 1 aliphatic rings. The average Bonchev–Trinajstić information content (AvgIpc) is 2.77. The van der Waals surface area contributed by atoms with Gasteiger partial charge in [-0.1, -0.05) is 32.0 Å². The van der Waals surface area contributed by atoms with Gasteiger partial charge in [-0.25, -0.2) is 0 Å². The summed E-state index contributed by atoms with van der Waals surface area (Å²) in [5.41, 5.74) is 1.53. The Bertz CT molecular complexity index is 403. The number of likely N-dealkylation sites (N-methyl/N-ethyl adjacent to an activating group) is 1. The molecule has 2 rings (SSSR count). The fourth-order valence-electron chi connectivity index (χ4n) is 2.60. The van der Waals surface area contributed by atoms with E-state index in [4.69, 9.17) is 0 Å². The monoisotopic (exact) mass is 278 g/mol. The van der Waals surface area contributed by atoms with Crippen LogP contribution in [0.25, 0.3) is 0 Å². The van der Waals surface area contributed by atoms with Crippen molar-refractivity contribution in [1.82, 2.24) is 10.2 Å². The van der Waals surface area contributed by atoms with E-state index in [9.17, 15) is 0 Å². The van der Waals surface area contributed by atoms with E-state index in [1.807, 2.05) is 11.8 Å². The smallest absolute Gasteiger partial charge is 0.0217 e. The van der Waals surface area contributed by atoms with Gasteiger partial charge in [0.05, 0.1) is 0 Å². The van der Waals surface area contributed by atoms with E-state index in [0.717, 1.165) is 13.1 Å². The van der Waals surface area contributed by atoms with Crippen LogP contribution in [-0.4, -0.2) is 43.9 Å². The zero-order valence-corrected chi connectivity index (χ0v) is 13.3. The van der Waals surface area contributed by atoms with Crippen LogP contribution in [0.4, 0.5) is 0 Å². The Morgan fingerprint density at radius 1 is 1.32 bits per heavy atom. The highest BCUT2D eigenvalue weighted by Crippen LogP contribution is 2.38. The quantitative estimate of drug-likeness (QED) is 0.861. The molecule has 0 fully saturated rings. The maximum absolute atomic E-state index is 3.78. The third-order valence-corrected chi connectivity index (χ3v) is 5.04. The molecule has 2 nitrogen and oxygen atoms in total. The van der Waals surface area contributed by atoms with Crippen LogP contribution < -0.4 is 5.32 Å². The number of nitrogens with one attached hydrogen (secondary N) is 1. The molecule has 19 heavy (non-hydrogen) atoms. The highest BCUT2D eigenvalue weighted by molar-refractivity contribution is 7.99. The molecule has 0 aromatic heterocycles. The summed E-state index contributed by atoms with van der Waals surface area (Å²) in [6.07, 6.45) is 0. The second-order valence-corrected chi connectivity index (χ2v) is 7.13. The zero-order chi connectivity index (χ0) is 13.8. The molecule has 0 saturated heterocycles. The Morgan fingerprint density at radius 3 is 2.74 bits per heavy atom. The summed E-state index contributed by atoms with van der Waals surface area (Å²) in [7, 11) is 4.30. The van der Waals surface area contributed by atoms with Crippen molar-refractivity contribution in [2.75, 3.05) is 32.9 Å². The Kier molecular flexibility index (Phi) is 5.31. The van der Waals surface area contributed by atoms with Crippen molar-refractivity contribution >= 4 is 11.8 Å². The molecule has 106 valence electrons. The third-order valence-electron chi connectivity index (χ3n) is 3.79. The van der Waals surface area contributed by atoms with Crippen LogP contribution in [0.15, 0.2) is 29.2 Å². The van der Waals surface area contributed by atoms with Crippen molar-refractivity contribution in [3.63, 3.8) is 0 Å². The lowest BCUT2D eigenvalue weighted by Crippen LogP contribution is -2.43. The largest absolute Gasteiger partial charge is 0.312 e. The molecular formula is C16H26N2S. The predicted octanol–water partition coefficient (Wildman–Crippen LogP) is 3.05. The van der Waals surface area contributed by atoms with E-state index in [1.165, 1.54) is 16.2 Å². The second kappa shape index (κ2) is 6.78. The molecule has 2 atom stereocenters. The van der Waals surface area contributed by atoms with Crippen molar-refractivity contribution in [3.05, 3.63) is 29.8 Å². The van der Waals surface area contributed by atoms with Gasteiger partial charge in [0.25, 0.3) is 0 Å². The summed E-state index contributed by atoms with van der Waals surface area (Å²) in [6, 6.07) is 9.42. The molecule has 1 aromatic carbocycles. The lowest BCUT2D eigenvalue weighted by Gasteiger charge is -2.27. The van der Waals surface area contributed by atoms with Crippen LogP contribution in [0.1, 0.15) is 25.3 Å². The van der Waals surface area contributed by atoms with Gasteiger partial charge in [0, 0.05) is 35.7 Å². The normalized spacial score (nSPS) is 20.0. The Hall–Kier alpha value is -0.510.